The normalized spacial score (nSPS) is 22.4. The Morgan fingerprint density at radius 2 is 1.70 bits per heavy atom. The Hall–Kier alpha value is -3.37. The number of aliphatic imine (C=N–C) groups is 1. The second-order valence-electron chi connectivity index (χ2n) is 10.3. The lowest BCUT2D eigenvalue weighted by Crippen LogP contribution is -2.52. The smallest absolute Gasteiger partial charge is 0.352 e. The zero-order valence-electron chi connectivity index (χ0n) is 22.2. The van der Waals surface area contributed by atoms with Gasteiger partial charge in [0.15, 0.2) is 0 Å². The van der Waals surface area contributed by atoms with Crippen LogP contribution in [0.5, 0.6) is 0 Å². The largest absolute Gasteiger partial charge is 0.416 e. The molecule has 5 nitrogen and oxygen atoms in total. The Morgan fingerprint density at radius 1 is 1.05 bits per heavy atom. The van der Waals surface area contributed by atoms with Gasteiger partial charge < -0.3 is 10.2 Å². The van der Waals surface area contributed by atoms with E-state index in [4.69, 9.17) is 0 Å². The molecule has 0 radical (unpaired) electrons. The van der Waals surface area contributed by atoms with E-state index >= 15 is 0 Å². The first-order valence-electron chi connectivity index (χ1n) is 13.4. The molecule has 1 fully saturated rings. The molecular weight excluding hydrogens is 536 g/mol. The van der Waals surface area contributed by atoms with Gasteiger partial charge in [-0.25, -0.2) is 0 Å². The van der Waals surface area contributed by atoms with Gasteiger partial charge in [-0.05, 0) is 61.9 Å². The Kier molecular flexibility index (Phi) is 8.33. The maximum absolute atomic E-state index is 13.9. The van der Waals surface area contributed by atoms with Crippen molar-refractivity contribution in [1.82, 2.24) is 10.2 Å². The third-order valence-corrected chi connectivity index (χ3v) is 7.63. The number of hydrogen-bond acceptors (Lipinski definition) is 3. The van der Waals surface area contributed by atoms with Crippen molar-refractivity contribution in [2.45, 2.75) is 76.4 Å². The van der Waals surface area contributed by atoms with Gasteiger partial charge in [0.1, 0.15) is 11.4 Å². The van der Waals surface area contributed by atoms with E-state index in [0.717, 1.165) is 30.7 Å². The van der Waals surface area contributed by atoms with Crippen LogP contribution in [0.1, 0.15) is 85.5 Å². The summed E-state index contributed by atoms with van der Waals surface area (Å²) in [5, 5.41) is 2.78. The molecule has 1 heterocycles. The summed E-state index contributed by atoms with van der Waals surface area (Å²) in [4.78, 5) is 32.2. The number of alkyl halides is 6. The zero-order valence-corrected chi connectivity index (χ0v) is 22.2. The quantitative estimate of drug-likeness (QED) is 0.364. The molecule has 1 N–H and O–H groups in total. The highest BCUT2D eigenvalue weighted by molar-refractivity contribution is 6.46. The molecule has 11 heteroatoms. The van der Waals surface area contributed by atoms with Gasteiger partial charge in [0.05, 0.1) is 17.5 Å². The fourth-order valence-electron chi connectivity index (χ4n) is 5.64. The fourth-order valence-corrected chi connectivity index (χ4v) is 5.64. The highest BCUT2D eigenvalue weighted by Gasteiger charge is 2.56. The van der Waals surface area contributed by atoms with E-state index in [0.29, 0.717) is 24.1 Å². The van der Waals surface area contributed by atoms with Crippen LogP contribution in [0, 0.1) is 5.92 Å². The molecule has 1 aliphatic heterocycles. The molecule has 3 unspecified atom stereocenters. The summed E-state index contributed by atoms with van der Waals surface area (Å²) in [6.45, 7) is 4.23. The molecule has 3 atom stereocenters. The van der Waals surface area contributed by atoms with Crippen molar-refractivity contribution in [3.05, 3.63) is 70.8 Å². The number of rotatable bonds is 7. The summed E-state index contributed by atoms with van der Waals surface area (Å²) < 4.78 is 81.0. The van der Waals surface area contributed by atoms with E-state index in [-0.39, 0.29) is 36.4 Å². The van der Waals surface area contributed by atoms with Gasteiger partial charge in [-0.3, -0.25) is 14.6 Å². The molecule has 216 valence electrons. The van der Waals surface area contributed by atoms with Crippen LogP contribution in [-0.4, -0.2) is 40.8 Å². The van der Waals surface area contributed by atoms with Crippen molar-refractivity contribution >= 4 is 17.5 Å². The summed E-state index contributed by atoms with van der Waals surface area (Å²) in [6.07, 6.45) is -8.08. The molecule has 2 amide bonds. The molecule has 0 aromatic heterocycles. The zero-order chi connectivity index (χ0) is 29.3. The molecule has 2 aromatic rings. The molecule has 0 saturated heterocycles. The van der Waals surface area contributed by atoms with Crippen LogP contribution >= 0.6 is 0 Å². The van der Waals surface area contributed by atoms with E-state index in [2.05, 4.69) is 10.3 Å². The van der Waals surface area contributed by atoms with Crippen molar-refractivity contribution in [3.8, 4) is 0 Å². The van der Waals surface area contributed by atoms with Crippen molar-refractivity contribution in [1.29, 1.82) is 0 Å². The van der Waals surface area contributed by atoms with Crippen LogP contribution in [-0.2, 0) is 11.0 Å². The average Bonchev–Trinajstić information content (AvgIpc) is 3.18. The number of nitrogens with one attached hydrogen (secondary N) is 1. The lowest BCUT2D eigenvalue weighted by atomic mass is 9.79. The van der Waals surface area contributed by atoms with Gasteiger partial charge in [-0.1, -0.05) is 38.1 Å². The number of nitrogens with zero attached hydrogens (tertiary/aromatic N) is 2. The maximum Gasteiger partial charge on any atom is 0.416 e. The van der Waals surface area contributed by atoms with Crippen LogP contribution in [0.4, 0.5) is 26.3 Å². The standard InChI is InChI=1S/C29H31F6N3O2/c1-3-16-36-25(39)20-9-7-18(8-10-20)23(4-2)38-26(40)24(19-11-13-21(14-12-19)28(30,31)32)37-27(38)15-5-6-22(17-27)29(33,34)35/h7-14,22-23H,3-6,15-17H2,1-2H3,(H,36,39). The molecule has 1 aliphatic carbocycles. The highest BCUT2D eigenvalue weighted by atomic mass is 19.4. The predicted octanol–water partition coefficient (Wildman–Crippen LogP) is 7.08. The van der Waals surface area contributed by atoms with Crippen LogP contribution in [0.15, 0.2) is 53.5 Å². The summed E-state index contributed by atoms with van der Waals surface area (Å²) in [5.41, 5.74) is -1.40. The van der Waals surface area contributed by atoms with Crippen molar-refractivity contribution < 1.29 is 35.9 Å². The molecular formula is C29H31F6N3O2. The average molecular weight is 568 g/mol. The summed E-state index contributed by atoms with van der Waals surface area (Å²) >= 11 is 0. The van der Waals surface area contributed by atoms with E-state index in [1.165, 1.54) is 4.90 Å². The first-order valence-corrected chi connectivity index (χ1v) is 13.4. The predicted molar refractivity (Wildman–Crippen MR) is 138 cm³/mol. The van der Waals surface area contributed by atoms with Gasteiger partial charge in [0, 0.05) is 24.1 Å². The maximum atomic E-state index is 13.9. The van der Waals surface area contributed by atoms with E-state index < -0.39 is 47.9 Å². The lowest BCUT2D eigenvalue weighted by Gasteiger charge is -2.46. The first-order chi connectivity index (χ1) is 18.8. The third kappa shape index (κ3) is 5.88. The van der Waals surface area contributed by atoms with Crippen LogP contribution in [0.25, 0.3) is 0 Å². The van der Waals surface area contributed by atoms with Gasteiger partial charge in [0.25, 0.3) is 11.8 Å². The minimum atomic E-state index is -4.58. The molecule has 0 bridgehead atoms. The first kappa shape index (κ1) is 29.6. The molecule has 1 spiro atoms. The van der Waals surface area contributed by atoms with Gasteiger partial charge in [0.2, 0.25) is 0 Å². The number of carbonyl (C=O) groups excluding carboxylic acids is 2. The van der Waals surface area contributed by atoms with Crippen molar-refractivity contribution in [2.75, 3.05) is 6.54 Å². The monoisotopic (exact) mass is 567 g/mol. The number of benzene rings is 2. The minimum absolute atomic E-state index is 0.0865. The number of hydrogen-bond donors (Lipinski definition) is 1. The summed E-state index contributed by atoms with van der Waals surface area (Å²) in [5.74, 6) is -2.56. The minimum Gasteiger partial charge on any atom is -0.352 e. The molecule has 2 aliphatic rings. The topological polar surface area (TPSA) is 61.8 Å². The third-order valence-electron chi connectivity index (χ3n) is 7.63. The Balaban J connectivity index is 1.74. The van der Waals surface area contributed by atoms with Crippen molar-refractivity contribution in [3.63, 3.8) is 0 Å². The highest BCUT2D eigenvalue weighted by Crippen LogP contribution is 2.50. The number of amides is 2. The Bertz CT molecular complexity index is 1250. The van der Waals surface area contributed by atoms with E-state index in [1.54, 1.807) is 31.2 Å². The second kappa shape index (κ2) is 11.2. The van der Waals surface area contributed by atoms with Crippen LogP contribution in [0.3, 0.4) is 0 Å². The van der Waals surface area contributed by atoms with E-state index in [9.17, 15) is 35.9 Å². The lowest BCUT2D eigenvalue weighted by molar-refractivity contribution is -0.195. The second-order valence-corrected chi connectivity index (χ2v) is 10.3. The van der Waals surface area contributed by atoms with Gasteiger partial charge >= 0.3 is 12.4 Å². The molecule has 4 rings (SSSR count). The summed E-state index contributed by atoms with van der Waals surface area (Å²) in [7, 11) is 0. The number of halogens is 6. The molecule has 1 saturated carbocycles. The summed E-state index contributed by atoms with van der Waals surface area (Å²) in [6, 6.07) is 9.82. The fraction of sp³-hybridized carbons (Fsp3) is 0.483. The van der Waals surface area contributed by atoms with Crippen LogP contribution in [0.2, 0.25) is 0 Å². The van der Waals surface area contributed by atoms with Gasteiger partial charge in [-0.2, -0.15) is 26.3 Å². The van der Waals surface area contributed by atoms with Crippen molar-refractivity contribution in [2.24, 2.45) is 10.9 Å². The Labute approximate surface area is 228 Å². The molecule has 2 aromatic carbocycles. The Morgan fingerprint density at radius 3 is 2.25 bits per heavy atom. The van der Waals surface area contributed by atoms with Gasteiger partial charge in [-0.15, -0.1) is 0 Å². The van der Waals surface area contributed by atoms with E-state index in [1.807, 2.05) is 6.92 Å². The van der Waals surface area contributed by atoms with Crippen LogP contribution < -0.4 is 5.32 Å². The SMILES string of the molecule is CCCNC(=O)c1ccc(C(CC)N2C(=O)C(c3ccc(C(F)(F)F)cc3)=NC23CCCC(C(F)(F)F)C3)cc1. The molecule has 40 heavy (non-hydrogen) atoms. The number of carbonyl (C=O) groups is 2.